The van der Waals surface area contributed by atoms with Gasteiger partial charge in [0.2, 0.25) is 10.0 Å². The molecular weight excluding hydrogens is 430 g/mol. The molecule has 2 N–H and O–H groups in total. The summed E-state index contributed by atoms with van der Waals surface area (Å²) < 4.78 is 50.2. The summed E-state index contributed by atoms with van der Waals surface area (Å²) >= 11 is 6.59. The smallest absolute Gasteiger partial charge is 0.243 e. The Labute approximate surface area is 166 Å². The van der Waals surface area contributed by atoms with Crippen molar-refractivity contribution in [1.82, 2.24) is 4.72 Å². The molecule has 0 bridgehead atoms. The second-order valence-electron chi connectivity index (χ2n) is 5.91. The van der Waals surface area contributed by atoms with E-state index >= 15 is 0 Å². The van der Waals surface area contributed by atoms with Crippen molar-refractivity contribution in [3.8, 4) is 0 Å². The minimum Gasteiger partial charge on any atom is -0.387 e. The highest BCUT2D eigenvalue weighted by Crippen LogP contribution is 2.34. The van der Waals surface area contributed by atoms with Gasteiger partial charge in [-0.3, -0.25) is 0 Å². The van der Waals surface area contributed by atoms with Crippen LogP contribution < -0.4 is 4.72 Å². The van der Waals surface area contributed by atoms with Crippen LogP contribution in [0, 0.1) is 0 Å². The van der Waals surface area contributed by atoms with Gasteiger partial charge in [0.15, 0.2) is 9.84 Å². The van der Waals surface area contributed by atoms with E-state index in [-0.39, 0.29) is 20.0 Å². The highest BCUT2D eigenvalue weighted by Gasteiger charge is 2.25. The quantitative estimate of drug-likeness (QED) is 0.607. The lowest BCUT2D eigenvalue weighted by Crippen LogP contribution is -2.28. The van der Waals surface area contributed by atoms with Crippen molar-refractivity contribution >= 4 is 53.6 Å². The number of fused-ring (bicyclic) bond motifs is 1. The fourth-order valence-electron chi connectivity index (χ4n) is 2.62. The molecule has 144 valence electrons. The lowest BCUT2D eigenvalue weighted by molar-refractivity contribution is 0.183. The standard InChI is InChI=1S/C17H16ClNO5S3/c1-26(21,22)16-9-15(17(18)25-16)27(23,24)19-10-14(20)13-8-4-6-11-5-2-3-7-12(11)13/h2-9,14,19-20H,10H2,1H3. The predicted molar refractivity (Wildman–Crippen MR) is 107 cm³/mol. The van der Waals surface area contributed by atoms with Gasteiger partial charge in [0, 0.05) is 12.8 Å². The first kappa shape index (κ1) is 20.2. The van der Waals surface area contributed by atoms with E-state index in [1.807, 2.05) is 30.3 Å². The molecule has 1 atom stereocenters. The van der Waals surface area contributed by atoms with Crippen LogP contribution in [0.2, 0.25) is 4.34 Å². The molecule has 0 fully saturated rings. The highest BCUT2D eigenvalue weighted by atomic mass is 35.5. The summed E-state index contributed by atoms with van der Waals surface area (Å²) in [6.45, 7) is -0.281. The zero-order chi connectivity index (χ0) is 19.8. The zero-order valence-electron chi connectivity index (χ0n) is 14.1. The lowest BCUT2D eigenvalue weighted by Gasteiger charge is -2.14. The summed E-state index contributed by atoms with van der Waals surface area (Å²) in [5, 5.41) is 12.2. The van der Waals surface area contributed by atoms with Crippen LogP contribution in [0.3, 0.4) is 0 Å². The first-order chi connectivity index (χ1) is 12.6. The van der Waals surface area contributed by atoms with Gasteiger partial charge in [0.05, 0.1) is 6.10 Å². The molecule has 0 saturated carbocycles. The Kier molecular flexibility index (Phi) is 5.62. The predicted octanol–water partition coefficient (Wildman–Crippen LogP) is 2.97. The van der Waals surface area contributed by atoms with E-state index in [9.17, 15) is 21.9 Å². The van der Waals surface area contributed by atoms with Gasteiger partial charge in [0.1, 0.15) is 13.4 Å². The van der Waals surface area contributed by atoms with Gasteiger partial charge in [0.25, 0.3) is 0 Å². The molecule has 3 aromatic rings. The van der Waals surface area contributed by atoms with Gasteiger partial charge in [-0.1, -0.05) is 54.1 Å². The van der Waals surface area contributed by atoms with E-state index in [1.54, 1.807) is 12.1 Å². The molecule has 0 spiro atoms. The lowest BCUT2D eigenvalue weighted by atomic mass is 10.0. The number of rotatable bonds is 6. The average molecular weight is 446 g/mol. The summed E-state index contributed by atoms with van der Waals surface area (Å²) in [6, 6.07) is 13.9. The van der Waals surface area contributed by atoms with Crippen molar-refractivity contribution in [3.63, 3.8) is 0 Å². The van der Waals surface area contributed by atoms with Crippen LogP contribution in [-0.2, 0) is 19.9 Å². The maximum absolute atomic E-state index is 12.5. The summed E-state index contributed by atoms with van der Waals surface area (Å²) in [5.41, 5.74) is 0.587. The third-order valence-corrected chi connectivity index (χ3v) is 8.79. The monoisotopic (exact) mass is 445 g/mol. The molecule has 0 aliphatic rings. The van der Waals surface area contributed by atoms with Crippen molar-refractivity contribution in [2.24, 2.45) is 0 Å². The minimum absolute atomic E-state index is 0.137. The van der Waals surface area contributed by atoms with Crippen LogP contribution >= 0.6 is 22.9 Å². The molecule has 27 heavy (non-hydrogen) atoms. The van der Waals surface area contributed by atoms with E-state index in [2.05, 4.69) is 4.72 Å². The number of benzene rings is 2. The van der Waals surface area contributed by atoms with Gasteiger partial charge >= 0.3 is 0 Å². The Morgan fingerprint density at radius 2 is 1.78 bits per heavy atom. The van der Waals surface area contributed by atoms with Gasteiger partial charge in [-0.25, -0.2) is 21.6 Å². The first-order valence-corrected chi connectivity index (χ1v) is 12.3. The second-order valence-corrected chi connectivity index (χ2v) is 11.5. The first-order valence-electron chi connectivity index (χ1n) is 7.74. The molecule has 0 amide bonds. The maximum atomic E-state index is 12.5. The van der Waals surface area contributed by atoms with Crippen molar-refractivity contribution in [2.45, 2.75) is 15.2 Å². The van der Waals surface area contributed by atoms with Crippen molar-refractivity contribution in [2.75, 3.05) is 12.8 Å². The zero-order valence-corrected chi connectivity index (χ0v) is 17.3. The molecule has 0 aliphatic heterocycles. The van der Waals surface area contributed by atoms with E-state index < -0.39 is 26.0 Å². The molecule has 6 nitrogen and oxygen atoms in total. The summed E-state index contributed by atoms with van der Waals surface area (Å²) in [4.78, 5) is -0.320. The van der Waals surface area contributed by atoms with Crippen LogP contribution in [0.5, 0.6) is 0 Å². The molecule has 0 aliphatic carbocycles. The molecule has 3 rings (SSSR count). The van der Waals surface area contributed by atoms with Crippen molar-refractivity contribution in [3.05, 3.63) is 58.4 Å². The second kappa shape index (κ2) is 7.50. The molecule has 1 aromatic heterocycles. The molecule has 1 heterocycles. The number of thiophene rings is 1. The number of aliphatic hydroxyl groups excluding tert-OH is 1. The van der Waals surface area contributed by atoms with Crippen LogP contribution in [0.15, 0.2) is 57.6 Å². The number of hydrogen-bond donors (Lipinski definition) is 2. The largest absolute Gasteiger partial charge is 0.387 e. The summed E-state index contributed by atoms with van der Waals surface area (Å²) in [6.07, 6.45) is -0.110. The average Bonchev–Trinajstić information content (AvgIpc) is 3.02. The number of halogens is 1. The molecule has 0 radical (unpaired) electrons. The molecular formula is C17H16ClNO5S3. The van der Waals surface area contributed by atoms with Crippen LogP contribution in [-0.4, -0.2) is 34.7 Å². The third kappa shape index (κ3) is 4.34. The topological polar surface area (TPSA) is 101 Å². The normalized spacial score (nSPS) is 13.7. The Hall–Kier alpha value is -1.49. The van der Waals surface area contributed by atoms with Gasteiger partial charge < -0.3 is 5.11 Å². The summed E-state index contributed by atoms with van der Waals surface area (Å²) in [7, 11) is -7.65. The third-order valence-electron chi connectivity index (χ3n) is 3.94. The number of nitrogens with one attached hydrogen (secondary N) is 1. The van der Waals surface area contributed by atoms with Crippen LogP contribution in [0.25, 0.3) is 10.8 Å². The number of hydrogen-bond acceptors (Lipinski definition) is 6. The van der Waals surface area contributed by atoms with Crippen molar-refractivity contribution in [1.29, 1.82) is 0 Å². The molecule has 10 heteroatoms. The summed E-state index contributed by atoms with van der Waals surface area (Å²) in [5.74, 6) is 0. The van der Waals surface area contributed by atoms with E-state index in [4.69, 9.17) is 11.6 Å². The van der Waals surface area contributed by atoms with Crippen LogP contribution in [0.1, 0.15) is 11.7 Å². The van der Waals surface area contributed by atoms with Gasteiger partial charge in [-0.05, 0) is 22.4 Å². The number of sulfone groups is 1. The Morgan fingerprint density at radius 3 is 2.44 bits per heavy atom. The van der Waals surface area contributed by atoms with E-state index in [0.29, 0.717) is 16.9 Å². The number of aliphatic hydroxyl groups is 1. The minimum atomic E-state index is -4.08. The van der Waals surface area contributed by atoms with Gasteiger partial charge in [-0.2, -0.15) is 0 Å². The van der Waals surface area contributed by atoms with E-state index in [1.165, 1.54) is 0 Å². The fraction of sp³-hybridized carbons (Fsp3) is 0.176. The fourth-order valence-corrected chi connectivity index (χ4v) is 6.68. The molecule has 0 saturated heterocycles. The molecule has 1 unspecified atom stereocenters. The maximum Gasteiger partial charge on any atom is 0.243 e. The van der Waals surface area contributed by atoms with E-state index in [0.717, 1.165) is 23.1 Å². The Balaban J connectivity index is 1.84. The van der Waals surface area contributed by atoms with Crippen LogP contribution in [0.4, 0.5) is 0 Å². The SMILES string of the molecule is CS(=O)(=O)c1cc(S(=O)(=O)NCC(O)c2cccc3ccccc23)c(Cl)s1. The Bertz CT molecular complexity index is 1200. The van der Waals surface area contributed by atoms with Crippen molar-refractivity contribution < 1.29 is 21.9 Å². The Morgan fingerprint density at radius 1 is 1.11 bits per heavy atom. The highest BCUT2D eigenvalue weighted by molar-refractivity contribution is 7.93. The van der Waals surface area contributed by atoms with Gasteiger partial charge in [-0.15, -0.1) is 11.3 Å². The number of sulfonamides is 1. The molecule has 2 aromatic carbocycles.